The lowest BCUT2D eigenvalue weighted by Gasteiger charge is -2.42. The smallest absolute Gasteiger partial charge is 0.287 e. The zero-order valence-electron chi connectivity index (χ0n) is 19.9. The van der Waals surface area contributed by atoms with Gasteiger partial charge in [-0.25, -0.2) is 8.78 Å². The highest BCUT2D eigenvalue weighted by Crippen LogP contribution is 2.46. The summed E-state index contributed by atoms with van der Waals surface area (Å²) in [4.78, 5) is 12.5. The number of aryl methyl sites for hydroxylation is 1. The molecule has 0 fully saturated rings. The Balaban J connectivity index is 1.49. The van der Waals surface area contributed by atoms with Crippen molar-refractivity contribution < 1.29 is 18.0 Å². The van der Waals surface area contributed by atoms with Gasteiger partial charge < -0.3 is 9.73 Å². The van der Waals surface area contributed by atoms with Crippen molar-refractivity contribution in [2.45, 2.75) is 71.3 Å². The quantitative estimate of drug-likeness (QED) is 0.467. The van der Waals surface area contributed by atoms with Gasteiger partial charge in [0, 0.05) is 13.0 Å². The Morgan fingerprint density at radius 1 is 0.939 bits per heavy atom. The largest absolute Gasteiger partial charge is 0.456 e. The van der Waals surface area contributed by atoms with E-state index in [1.54, 1.807) is 6.07 Å². The molecule has 0 radical (unpaired) electrons. The van der Waals surface area contributed by atoms with E-state index < -0.39 is 17.5 Å². The summed E-state index contributed by atoms with van der Waals surface area (Å²) in [6, 6.07) is 11.7. The first-order chi connectivity index (χ1) is 15.5. The van der Waals surface area contributed by atoms with Gasteiger partial charge in [-0.2, -0.15) is 0 Å². The Morgan fingerprint density at radius 3 is 2.27 bits per heavy atom. The molecule has 0 saturated heterocycles. The standard InChI is InChI=1S/C28H31F2NO2/c1-17-12-21-22(28(4,5)11-10-27(21,2)3)15-19(17)14-20-7-9-25(33-20)26(32)31-16-18-6-8-23(29)24(30)13-18/h6-9,12-13,15H,10-11,14,16H2,1-5H3,(H,31,32). The molecule has 1 N–H and O–H groups in total. The maximum atomic E-state index is 13.4. The minimum Gasteiger partial charge on any atom is -0.456 e. The number of fused-ring (bicyclic) bond motifs is 1. The minimum absolute atomic E-state index is 0.0842. The van der Waals surface area contributed by atoms with Crippen LogP contribution in [0.15, 0.2) is 46.9 Å². The van der Waals surface area contributed by atoms with E-state index in [2.05, 4.69) is 52.1 Å². The molecule has 1 aliphatic rings. The first-order valence-corrected chi connectivity index (χ1v) is 11.4. The summed E-state index contributed by atoms with van der Waals surface area (Å²) in [5, 5.41) is 2.69. The number of carbonyl (C=O) groups excluding carboxylic acids is 1. The molecule has 0 bridgehead atoms. The second-order valence-electron chi connectivity index (χ2n) is 10.5. The second-order valence-corrected chi connectivity index (χ2v) is 10.5. The Bertz CT molecular complexity index is 1210. The van der Waals surface area contributed by atoms with Crippen molar-refractivity contribution >= 4 is 5.91 Å². The van der Waals surface area contributed by atoms with Crippen molar-refractivity contribution in [3.63, 3.8) is 0 Å². The molecular weight excluding hydrogens is 420 g/mol. The van der Waals surface area contributed by atoms with Crippen LogP contribution in [0.1, 0.15) is 84.7 Å². The molecule has 3 nitrogen and oxygen atoms in total. The molecule has 174 valence electrons. The molecule has 1 aliphatic carbocycles. The van der Waals surface area contributed by atoms with Gasteiger partial charge >= 0.3 is 0 Å². The van der Waals surface area contributed by atoms with Crippen LogP contribution >= 0.6 is 0 Å². The zero-order chi connectivity index (χ0) is 24.0. The molecule has 0 spiro atoms. The van der Waals surface area contributed by atoms with Crippen LogP contribution in [0.3, 0.4) is 0 Å². The molecule has 0 aliphatic heterocycles. The molecule has 0 atom stereocenters. The van der Waals surface area contributed by atoms with Crippen molar-refractivity contribution in [2.24, 2.45) is 0 Å². The van der Waals surface area contributed by atoms with Gasteiger partial charge in [0.2, 0.25) is 0 Å². The first kappa shape index (κ1) is 23.2. The van der Waals surface area contributed by atoms with E-state index in [-0.39, 0.29) is 23.1 Å². The first-order valence-electron chi connectivity index (χ1n) is 11.4. The second kappa shape index (κ2) is 8.44. The highest BCUT2D eigenvalue weighted by molar-refractivity contribution is 5.91. The number of hydrogen-bond acceptors (Lipinski definition) is 2. The van der Waals surface area contributed by atoms with Crippen LogP contribution in [-0.2, 0) is 23.8 Å². The summed E-state index contributed by atoms with van der Waals surface area (Å²) in [6.07, 6.45) is 2.93. The lowest BCUT2D eigenvalue weighted by atomic mass is 9.62. The van der Waals surface area contributed by atoms with Gasteiger partial charge in [-0.05, 0) is 82.7 Å². The monoisotopic (exact) mass is 451 g/mol. The Labute approximate surface area is 194 Å². The molecule has 1 amide bonds. The average molecular weight is 452 g/mol. The van der Waals surface area contributed by atoms with E-state index in [9.17, 15) is 13.6 Å². The number of rotatable bonds is 5. The van der Waals surface area contributed by atoms with Gasteiger partial charge in [0.25, 0.3) is 5.91 Å². The average Bonchev–Trinajstić information content (AvgIpc) is 3.22. The number of halogens is 2. The predicted molar refractivity (Wildman–Crippen MR) is 126 cm³/mol. The van der Waals surface area contributed by atoms with Crippen LogP contribution in [0.2, 0.25) is 0 Å². The van der Waals surface area contributed by atoms with Crippen LogP contribution in [0.25, 0.3) is 0 Å². The number of benzene rings is 2. The van der Waals surface area contributed by atoms with Crippen molar-refractivity contribution in [3.8, 4) is 0 Å². The van der Waals surface area contributed by atoms with Gasteiger partial charge in [0.05, 0.1) is 0 Å². The van der Waals surface area contributed by atoms with Crippen molar-refractivity contribution in [1.29, 1.82) is 0 Å². The van der Waals surface area contributed by atoms with Gasteiger partial charge in [-0.3, -0.25) is 4.79 Å². The van der Waals surface area contributed by atoms with Crippen LogP contribution in [0.5, 0.6) is 0 Å². The fraction of sp³-hybridized carbons (Fsp3) is 0.393. The summed E-state index contributed by atoms with van der Waals surface area (Å²) in [5.74, 6) is -1.33. The third kappa shape index (κ3) is 4.73. The molecule has 5 heteroatoms. The third-order valence-corrected chi connectivity index (χ3v) is 7.00. The summed E-state index contributed by atoms with van der Waals surface area (Å²) in [5.41, 5.74) is 6.01. The topological polar surface area (TPSA) is 42.2 Å². The van der Waals surface area contributed by atoms with Crippen molar-refractivity contribution in [2.75, 3.05) is 0 Å². The Hall–Kier alpha value is -2.95. The molecule has 33 heavy (non-hydrogen) atoms. The number of amides is 1. The Morgan fingerprint density at radius 2 is 1.61 bits per heavy atom. The number of hydrogen-bond donors (Lipinski definition) is 1. The zero-order valence-corrected chi connectivity index (χ0v) is 19.9. The lowest BCUT2D eigenvalue weighted by molar-refractivity contribution is 0.0921. The highest BCUT2D eigenvalue weighted by atomic mass is 19.2. The van der Waals surface area contributed by atoms with Gasteiger partial charge in [-0.1, -0.05) is 45.9 Å². The Kier molecular flexibility index (Phi) is 5.94. The lowest BCUT2D eigenvalue weighted by Crippen LogP contribution is -2.34. The summed E-state index contributed by atoms with van der Waals surface area (Å²) in [7, 11) is 0. The molecule has 3 aromatic rings. The van der Waals surface area contributed by atoms with E-state index in [4.69, 9.17) is 4.42 Å². The number of furan rings is 1. The molecule has 1 aromatic heterocycles. The van der Waals surface area contributed by atoms with Crippen LogP contribution in [-0.4, -0.2) is 5.91 Å². The summed E-state index contributed by atoms with van der Waals surface area (Å²) in [6.45, 7) is 11.5. The fourth-order valence-corrected chi connectivity index (χ4v) is 4.66. The van der Waals surface area contributed by atoms with Crippen LogP contribution in [0, 0.1) is 18.6 Å². The van der Waals surface area contributed by atoms with Gasteiger partial charge in [-0.15, -0.1) is 0 Å². The fourth-order valence-electron chi connectivity index (χ4n) is 4.66. The summed E-state index contributed by atoms with van der Waals surface area (Å²) >= 11 is 0. The maximum absolute atomic E-state index is 13.4. The predicted octanol–water partition coefficient (Wildman–Crippen LogP) is 6.74. The van der Waals surface area contributed by atoms with E-state index in [0.29, 0.717) is 17.7 Å². The van der Waals surface area contributed by atoms with Crippen molar-refractivity contribution in [1.82, 2.24) is 5.32 Å². The molecule has 2 aromatic carbocycles. The van der Waals surface area contributed by atoms with Gasteiger partial charge in [0.15, 0.2) is 17.4 Å². The van der Waals surface area contributed by atoms with Crippen LogP contribution < -0.4 is 5.32 Å². The normalized spacial score (nSPS) is 16.3. The van der Waals surface area contributed by atoms with E-state index >= 15 is 0 Å². The SMILES string of the molecule is Cc1cc2c(cc1Cc1ccc(C(=O)NCc3ccc(F)c(F)c3)o1)C(C)(C)CCC2(C)C. The van der Waals surface area contributed by atoms with E-state index in [0.717, 1.165) is 18.6 Å². The summed E-state index contributed by atoms with van der Waals surface area (Å²) < 4.78 is 32.3. The van der Waals surface area contributed by atoms with E-state index in [1.807, 2.05) is 6.07 Å². The minimum atomic E-state index is -0.936. The highest BCUT2D eigenvalue weighted by Gasteiger charge is 2.37. The van der Waals surface area contributed by atoms with Gasteiger partial charge in [0.1, 0.15) is 5.76 Å². The molecule has 0 unspecified atom stereocenters. The molecule has 1 heterocycles. The van der Waals surface area contributed by atoms with E-state index in [1.165, 1.54) is 34.7 Å². The molecule has 0 saturated carbocycles. The van der Waals surface area contributed by atoms with Crippen molar-refractivity contribution in [3.05, 3.63) is 93.4 Å². The van der Waals surface area contributed by atoms with Crippen LogP contribution in [0.4, 0.5) is 8.78 Å². The maximum Gasteiger partial charge on any atom is 0.287 e. The molecular formula is C28H31F2NO2. The third-order valence-electron chi connectivity index (χ3n) is 7.00. The number of carbonyl (C=O) groups is 1. The number of nitrogens with one attached hydrogen (secondary N) is 1. The molecule has 4 rings (SSSR count).